The summed E-state index contributed by atoms with van der Waals surface area (Å²) >= 11 is 0. The zero-order valence-corrected chi connectivity index (χ0v) is 13.7. The van der Waals surface area contributed by atoms with E-state index >= 15 is 0 Å². The van der Waals surface area contributed by atoms with Crippen molar-refractivity contribution in [2.45, 2.75) is 12.2 Å². The number of hydrogen-bond acceptors (Lipinski definition) is 4. The molecular weight excluding hydrogens is 357 g/mol. The van der Waals surface area contributed by atoms with E-state index in [1.165, 1.54) is 21.7 Å². The van der Waals surface area contributed by atoms with Crippen molar-refractivity contribution in [3.05, 3.63) is 33.7 Å². The van der Waals surface area contributed by atoms with Gasteiger partial charge in [0.2, 0.25) is 11.8 Å². The lowest BCUT2D eigenvalue weighted by molar-refractivity contribution is -0.157. The summed E-state index contributed by atoms with van der Waals surface area (Å²) in [5.74, 6) is -1.35. The van der Waals surface area contributed by atoms with E-state index in [2.05, 4.69) is 0 Å². The van der Waals surface area contributed by atoms with Crippen LogP contribution >= 0.6 is 0 Å². The van der Waals surface area contributed by atoms with Gasteiger partial charge >= 0.3 is 6.18 Å². The number of nitrogens with one attached hydrogen (secondary N) is 1. The molecule has 2 aliphatic rings. The van der Waals surface area contributed by atoms with Crippen molar-refractivity contribution >= 4 is 17.7 Å². The lowest BCUT2D eigenvalue weighted by Gasteiger charge is -2.45. The number of carbonyl (C=O) groups is 3. The van der Waals surface area contributed by atoms with Crippen molar-refractivity contribution in [3.8, 4) is 0 Å². The minimum atomic E-state index is -4.73. The number of halogens is 3. The molecule has 140 valence electrons. The van der Waals surface area contributed by atoms with E-state index in [1.807, 2.05) is 0 Å². The first kappa shape index (κ1) is 18.0. The Labute approximate surface area is 145 Å². The maximum Gasteiger partial charge on any atom is 0.431 e. The van der Waals surface area contributed by atoms with Crippen molar-refractivity contribution in [3.63, 3.8) is 0 Å². The number of aromatic amines is 1. The molecule has 0 spiro atoms. The Morgan fingerprint density at radius 1 is 1.19 bits per heavy atom. The molecule has 1 aromatic heterocycles. The molecule has 8 nitrogen and oxygen atoms in total. The van der Waals surface area contributed by atoms with Gasteiger partial charge in [-0.05, 0) is 12.1 Å². The first-order valence-corrected chi connectivity index (χ1v) is 7.74. The van der Waals surface area contributed by atoms with Gasteiger partial charge < -0.3 is 19.7 Å². The van der Waals surface area contributed by atoms with Gasteiger partial charge in [0.1, 0.15) is 17.3 Å². The standard InChI is InChI=1S/C15H15F3N4O4/c1-20-7-11(23)22-5-4-21(6-9(22)14(20)26)13(25)8-2-3-10(15(16,17)18)19-12(8)24/h2-3,9H,4-7H2,1H3,(H,19,24). The Morgan fingerprint density at radius 3 is 2.50 bits per heavy atom. The highest BCUT2D eigenvalue weighted by Gasteiger charge is 2.42. The molecule has 11 heteroatoms. The van der Waals surface area contributed by atoms with Crippen LogP contribution in [0.15, 0.2) is 16.9 Å². The smallest absolute Gasteiger partial charge is 0.335 e. The Morgan fingerprint density at radius 2 is 1.88 bits per heavy atom. The average Bonchev–Trinajstić information content (AvgIpc) is 2.58. The molecule has 3 rings (SSSR count). The number of fused-ring (bicyclic) bond motifs is 1. The van der Waals surface area contributed by atoms with Crippen LogP contribution in [0.2, 0.25) is 0 Å². The molecule has 0 saturated carbocycles. The zero-order chi connectivity index (χ0) is 19.2. The van der Waals surface area contributed by atoms with Crippen LogP contribution in [-0.4, -0.2) is 76.7 Å². The lowest BCUT2D eigenvalue weighted by atomic mass is 10.1. The molecule has 2 saturated heterocycles. The largest absolute Gasteiger partial charge is 0.431 e. The molecule has 0 radical (unpaired) electrons. The maximum atomic E-state index is 12.6. The molecule has 1 unspecified atom stereocenters. The fraction of sp³-hybridized carbons (Fsp3) is 0.467. The lowest BCUT2D eigenvalue weighted by Crippen LogP contribution is -2.66. The van der Waals surface area contributed by atoms with E-state index in [4.69, 9.17) is 0 Å². The first-order chi connectivity index (χ1) is 12.1. The van der Waals surface area contributed by atoms with Crippen molar-refractivity contribution in [2.24, 2.45) is 0 Å². The Bertz CT molecular complexity index is 835. The third kappa shape index (κ3) is 3.04. The molecular formula is C15H15F3N4O4. The van der Waals surface area contributed by atoms with Gasteiger partial charge in [-0.25, -0.2) is 0 Å². The number of aromatic nitrogens is 1. The van der Waals surface area contributed by atoms with E-state index < -0.39 is 34.9 Å². The summed E-state index contributed by atoms with van der Waals surface area (Å²) < 4.78 is 37.8. The monoisotopic (exact) mass is 372 g/mol. The summed E-state index contributed by atoms with van der Waals surface area (Å²) in [6.45, 7) is 0.0436. The van der Waals surface area contributed by atoms with Crippen LogP contribution < -0.4 is 5.56 Å². The van der Waals surface area contributed by atoms with Crippen LogP contribution in [0.1, 0.15) is 16.1 Å². The zero-order valence-electron chi connectivity index (χ0n) is 13.7. The fourth-order valence-corrected chi connectivity index (χ4v) is 3.08. The summed E-state index contributed by atoms with van der Waals surface area (Å²) in [6, 6.07) is 0.581. The highest BCUT2D eigenvalue weighted by atomic mass is 19.4. The van der Waals surface area contributed by atoms with Gasteiger partial charge in [0.25, 0.3) is 11.5 Å². The Hall–Kier alpha value is -2.85. The Balaban J connectivity index is 1.82. The number of hydrogen-bond donors (Lipinski definition) is 1. The number of alkyl halides is 3. The third-order valence-electron chi connectivity index (χ3n) is 4.47. The van der Waals surface area contributed by atoms with Gasteiger partial charge in [0, 0.05) is 20.1 Å². The second kappa shape index (κ2) is 6.15. The van der Waals surface area contributed by atoms with Crippen LogP contribution in [0, 0.1) is 0 Å². The quantitative estimate of drug-likeness (QED) is 0.721. The number of H-pyrrole nitrogens is 1. The predicted molar refractivity (Wildman–Crippen MR) is 81.1 cm³/mol. The second-order valence-electron chi connectivity index (χ2n) is 6.16. The summed E-state index contributed by atoms with van der Waals surface area (Å²) in [7, 11) is 1.47. The molecule has 2 fully saturated rings. The van der Waals surface area contributed by atoms with Crippen molar-refractivity contribution in [1.29, 1.82) is 0 Å². The van der Waals surface area contributed by atoms with Crippen molar-refractivity contribution in [2.75, 3.05) is 33.2 Å². The van der Waals surface area contributed by atoms with Gasteiger partial charge in [-0.15, -0.1) is 0 Å². The summed E-state index contributed by atoms with van der Waals surface area (Å²) in [4.78, 5) is 54.1. The SMILES string of the molecule is CN1CC(=O)N2CCN(C(=O)c3ccc(C(F)(F)F)[nH]c3=O)CC2C1=O. The van der Waals surface area contributed by atoms with Crippen LogP contribution in [-0.2, 0) is 15.8 Å². The number of rotatable bonds is 1. The molecule has 3 heterocycles. The summed E-state index contributed by atoms with van der Waals surface area (Å²) in [5, 5.41) is 0. The van der Waals surface area contributed by atoms with Crippen LogP contribution in [0.4, 0.5) is 13.2 Å². The number of carbonyl (C=O) groups excluding carboxylic acids is 3. The van der Waals surface area contributed by atoms with E-state index in [0.29, 0.717) is 6.07 Å². The van der Waals surface area contributed by atoms with Gasteiger partial charge in [0.05, 0.1) is 13.1 Å². The second-order valence-corrected chi connectivity index (χ2v) is 6.16. The topological polar surface area (TPSA) is 93.8 Å². The minimum Gasteiger partial charge on any atom is -0.335 e. The highest BCUT2D eigenvalue weighted by Crippen LogP contribution is 2.26. The normalized spacial score (nSPS) is 21.1. The third-order valence-corrected chi connectivity index (χ3v) is 4.47. The average molecular weight is 372 g/mol. The number of likely N-dealkylation sites (N-methyl/N-ethyl adjacent to an activating group) is 1. The number of nitrogens with zero attached hydrogens (tertiary/aromatic N) is 3. The molecule has 1 atom stereocenters. The van der Waals surface area contributed by atoms with E-state index in [-0.39, 0.29) is 38.0 Å². The van der Waals surface area contributed by atoms with Crippen molar-refractivity contribution < 1.29 is 27.6 Å². The molecule has 3 amide bonds. The van der Waals surface area contributed by atoms with Gasteiger partial charge in [-0.2, -0.15) is 13.2 Å². The number of pyridine rings is 1. The predicted octanol–water partition coefficient (Wildman–Crippen LogP) is -0.481. The Kier molecular flexibility index (Phi) is 4.24. The molecule has 26 heavy (non-hydrogen) atoms. The maximum absolute atomic E-state index is 12.6. The van der Waals surface area contributed by atoms with Crippen LogP contribution in [0.25, 0.3) is 0 Å². The summed E-state index contributed by atoms with van der Waals surface area (Å²) in [6.07, 6.45) is -4.73. The van der Waals surface area contributed by atoms with Crippen molar-refractivity contribution in [1.82, 2.24) is 19.7 Å². The molecule has 1 aromatic rings. The van der Waals surface area contributed by atoms with Crippen LogP contribution in [0.3, 0.4) is 0 Å². The molecule has 0 bridgehead atoms. The molecule has 1 N–H and O–H groups in total. The van der Waals surface area contributed by atoms with Crippen LogP contribution in [0.5, 0.6) is 0 Å². The van der Waals surface area contributed by atoms with Gasteiger partial charge in [-0.1, -0.05) is 0 Å². The molecule has 2 aliphatic heterocycles. The fourth-order valence-electron chi connectivity index (χ4n) is 3.08. The van der Waals surface area contributed by atoms with E-state index in [1.54, 1.807) is 4.98 Å². The molecule has 0 aliphatic carbocycles. The number of piperazine rings is 2. The van der Waals surface area contributed by atoms with E-state index in [9.17, 15) is 32.3 Å². The van der Waals surface area contributed by atoms with E-state index in [0.717, 1.165) is 6.07 Å². The minimum absolute atomic E-state index is 0.0398. The molecule has 0 aromatic carbocycles. The van der Waals surface area contributed by atoms with Gasteiger partial charge in [-0.3, -0.25) is 19.2 Å². The van der Waals surface area contributed by atoms with Gasteiger partial charge in [0.15, 0.2) is 0 Å². The highest BCUT2D eigenvalue weighted by molar-refractivity contribution is 5.97. The first-order valence-electron chi connectivity index (χ1n) is 7.74. The number of amides is 3. The summed E-state index contributed by atoms with van der Waals surface area (Å²) in [5.41, 5.74) is -2.86.